The second-order valence-corrected chi connectivity index (χ2v) is 8.43. The van der Waals surface area contributed by atoms with E-state index in [1.807, 2.05) is 73.7 Å². The molecule has 5 rings (SSSR count). The van der Waals surface area contributed by atoms with Crippen LogP contribution in [0.3, 0.4) is 0 Å². The number of carbonyl (C=O) groups is 1. The molecule has 0 radical (unpaired) electrons. The Balaban J connectivity index is 1.39. The molecule has 0 fully saturated rings. The molecule has 0 bridgehead atoms. The van der Waals surface area contributed by atoms with Crippen LogP contribution in [0.15, 0.2) is 103 Å². The highest BCUT2D eigenvalue weighted by atomic mass is 35.5. The van der Waals surface area contributed by atoms with Gasteiger partial charge in [0.2, 0.25) is 5.82 Å². The van der Waals surface area contributed by atoms with Crippen molar-refractivity contribution >= 4 is 23.2 Å². The number of aromatic nitrogens is 3. The Morgan fingerprint density at radius 1 is 0.838 bits per heavy atom. The van der Waals surface area contributed by atoms with Crippen molar-refractivity contribution in [1.82, 2.24) is 14.8 Å². The van der Waals surface area contributed by atoms with Crippen LogP contribution in [-0.2, 0) is 0 Å². The van der Waals surface area contributed by atoms with Crippen LogP contribution in [0.5, 0.6) is 17.2 Å². The molecule has 7 nitrogen and oxygen atoms in total. The van der Waals surface area contributed by atoms with Crippen LogP contribution >= 0.6 is 11.6 Å². The lowest BCUT2D eigenvalue weighted by molar-refractivity contribution is 0.101. The van der Waals surface area contributed by atoms with Crippen LogP contribution < -0.4 is 14.8 Å². The second-order valence-electron chi connectivity index (χ2n) is 8.00. The van der Waals surface area contributed by atoms with Crippen molar-refractivity contribution in [2.75, 3.05) is 11.9 Å². The van der Waals surface area contributed by atoms with Gasteiger partial charge >= 0.3 is 0 Å². The lowest BCUT2D eigenvalue weighted by atomic mass is 10.2. The smallest absolute Gasteiger partial charge is 0.295 e. The molecule has 0 aliphatic carbocycles. The van der Waals surface area contributed by atoms with E-state index in [4.69, 9.17) is 21.1 Å². The zero-order valence-corrected chi connectivity index (χ0v) is 20.7. The van der Waals surface area contributed by atoms with E-state index >= 15 is 0 Å². The van der Waals surface area contributed by atoms with Gasteiger partial charge < -0.3 is 14.8 Å². The molecule has 184 valence electrons. The summed E-state index contributed by atoms with van der Waals surface area (Å²) in [6, 6.07) is 31.2. The molecule has 1 aromatic heterocycles. The van der Waals surface area contributed by atoms with E-state index in [0.29, 0.717) is 28.9 Å². The quantitative estimate of drug-likeness (QED) is 0.242. The Kier molecular flexibility index (Phi) is 7.14. The highest BCUT2D eigenvalue weighted by Gasteiger charge is 2.19. The number of para-hydroxylation sites is 1. The van der Waals surface area contributed by atoms with Crippen molar-refractivity contribution in [2.45, 2.75) is 6.92 Å². The minimum Gasteiger partial charge on any atom is -0.494 e. The lowest BCUT2D eigenvalue weighted by Gasteiger charge is -2.08. The van der Waals surface area contributed by atoms with Gasteiger partial charge in [-0.3, -0.25) is 4.79 Å². The average molecular weight is 511 g/mol. The number of hydrogen-bond donors (Lipinski definition) is 1. The minimum absolute atomic E-state index is 0.0310. The zero-order valence-electron chi connectivity index (χ0n) is 20.0. The van der Waals surface area contributed by atoms with Crippen molar-refractivity contribution < 1.29 is 14.3 Å². The SMILES string of the molecule is CCOc1ccc(-n2nc(C(=O)Nc3ccc(Oc4ccccc4)cc3)nc2-c2ccc(Cl)cc2)cc1. The summed E-state index contributed by atoms with van der Waals surface area (Å²) in [7, 11) is 0. The van der Waals surface area contributed by atoms with Crippen LogP contribution in [-0.4, -0.2) is 27.3 Å². The molecular weight excluding hydrogens is 488 g/mol. The first kappa shape index (κ1) is 24.1. The molecule has 8 heteroatoms. The Hall–Kier alpha value is -4.62. The molecule has 1 amide bonds. The Morgan fingerprint density at radius 3 is 2.16 bits per heavy atom. The molecule has 0 aliphatic rings. The maximum absolute atomic E-state index is 13.1. The predicted molar refractivity (Wildman–Crippen MR) is 144 cm³/mol. The van der Waals surface area contributed by atoms with Crippen molar-refractivity contribution in [3.8, 4) is 34.3 Å². The summed E-state index contributed by atoms with van der Waals surface area (Å²) in [6.45, 7) is 2.50. The summed E-state index contributed by atoms with van der Waals surface area (Å²) < 4.78 is 13.0. The number of hydrogen-bond acceptors (Lipinski definition) is 5. The van der Waals surface area contributed by atoms with E-state index in [2.05, 4.69) is 15.4 Å². The summed E-state index contributed by atoms with van der Waals surface area (Å²) in [6.07, 6.45) is 0. The summed E-state index contributed by atoms with van der Waals surface area (Å²) in [5.41, 5.74) is 2.10. The Morgan fingerprint density at radius 2 is 1.49 bits per heavy atom. The third kappa shape index (κ3) is 5.79. The van der Waals surface area contributed by atoms with Gasteiger partial charge in [-0.15, -0.1) is 5.10 Å². The first-order valence-electron chi connectivity index (χ1n) is 11.7. The topological polar surface area (TPSA) is 78.3 Å². The zero-order chi connectivity index (χ0) is 25.6. The van der Waals surface area contributed by atoms with Crippen molar-refractivity contribution in [1.29, 1.82) is 0 Å². The molecule has 5 aromatic rings. The van der Waals surface area contributed by atoms with Crippen LogP contribution in [0.1, 0.15) is 17.5 Å². The van der Waals surface area contributed by atoms with E-state index in [0.717, 1.165) is 22.7 Å². The van der Waals surface area contributed by atoms with Gasteiger partial charge in [-0.2, -0.15) is 0 Å². The number of benzene rings is 4. The number of nitrogens with zero attached hydrogens (tertiary/aromatic N) is 3. The van der Waals surface area contributed by atoms with Crippen molar-refractivity contribution in [3.63, 3.8) is 0 Å². The van der Waals surface area contributed by atoms with Crippen LogP contribution in [0.25, 0.3) is 17.1 Å². The number of carbonyl (C=O) groups excluding carboxylic acids is 1. The first-order valence-corrected chi connectivity index (χ1v) is 12.1. The van der Waals surface area contributed by atoms with Gasteiger partial charge in [0.05, 0.1) is 12.3 Å². The van der Waals surface area contributed by atoms with Crippen LogP contribution in [0.2, 0.25) is 5.02 Å². The summed E-state index contributed by atoms with van der Waals surface area (Å²) >= 11 is 6.08. The van der Waals surface area contributed by atoms with Crippen LogP contribution in [0.4, 0.5) is 5.69 Å². The van der Waals surface area contributed by atoms with E-state index in [1.54, 1.807) is 41.1 Å². The van der Waals surface area contributed by atoms with Gasteiger partial charge in [0, 0.05) is 16.3 Å². The Bertz CT molecular complexity index is 1480. The van der Waals surface area contributed by atoms with E-state index in [1.165, 1.54) is 0 Å². The molecule has 0 unspecified atom stereocenters. The molecule has 0 aliphatic heterocycles. The third-order valence-electron chi connectivity index (χ3n) is 5.40. The molecule has 1 heterocycles. The number of anilines is 1. The van der Waals surface area contributed by atoms with E-state index < -0.39 is 5.91 Å². The van der Waals surface area contributed by atoms with Gasteiger partial charge in [-0.25, -0.2) is 9.67 Å². The van der Waals surface area contributed by atoms with Gasteiger partial charge in [0.1, 0.15) is 17.2 Å². The Labute approximate surface area is 219 Å². The molecule has 37 heavy (non-hydrogen) atoms. The molecule has 4 aromatic carbocycles. The molecule has 1 N–H and O–H groups in total. The number of nitrogens with one attached hydrogen (secondary N) is 1. The summed E-state index contributed by atoms with van der Waals surface area (Å²) in [5.74, 6) is 2.25. The maximum Gasteiger partial charge on any atom is 0.295 e. The maximum atomic E-state index is 13.1. The second kappa shape index (κ2) is 11.0. The van der Waals surface area contributed by atoms with Gasteiger partial charge in [-0.05, 0) is 91.9 Å². The number of rotatable bonds is 8. The lowest BCUT2D eigenvalue weighted by Crippen LogP contribution is -2.14. The van der Waals surface area contributed by atoms with Gasteiger partial charge in [-0.1, -0.05) is 29.8 Å². The average Bonchev–Trinajstić information content (AvgIpc) is 3.37. The van der Waals surface area contributed by atoms with Crippen molar-refractivity contribution in [2.24, 2.45) is 0 Å². The van der Waals surface area contributed by atoms with E-state index in [-0.39, 0.29) is 5.82 Å². The monoisotopic (exact) mass is 510 g/mol. The largest absolute Gasteiger partial charge is 0.494 e. The number of amides is 1. The highest BCUT2D eigenvalue weighted by Crippen LogP contribution is 2.26. The first-order chi connectivity index (χ1) is 18.1. The normalized spacial score (nSPS) is 10.6. The van der Waals surface area contributed by atoms with Crippen LogP contribution in [0, 0.1) is 0 Å². The third-order valence-corrected chi connectivity index (χ3v) is 5.65. The minimum atomic E-state index is -0.434. The number of halogens is 1. The van der Waals surface area contributed by atoms with Gasteiger partial charge in [0.25, 0.3) is 5.91 Å². The standard InChI is InChI=1S/C29H23ClN4O3/c1-2-36-24-18-14-23(15-19-24)34-28(20-8-10-21(30)11-9-20)32-27(33-34)29(35)31-22-12-16-26(17-13-22)37-25-6-4-3-5-7-25/h3-19H,2H2,1H3,(H,31,35). The number of ether oxygens (including phenoxy) is 2. The predicted octanol–water partition coefficient (Wildman–Crippen LogP) is 7.03. The highest BCUT2D eigenvalue weighted by molar-refractivity contribution is 6.30. The fraction of sp³-hybridized carbons (Fsp3) is 0.0690. The van der Waals surface area contributed by atoms with E-state index in [9.17, 15) is 4.79 Å². The molecule has 0 spiro atoms. The molecular formula is C29H23ClN4O3. The van der Waals surface area contributed by atoms with Gasteiger partial charge in [0.15, 0.2) is 5.82 Å². The molecule has 0 saturated heterocycles. The fourth-order valence-electron chi connectivity index (χ4n) is 3.64. The van der Waals surface area contributed by atoms with Crippen molar-refractivity contribution in [3.05, 3.63) is 114 Å². The summed E-state index contributed by atoms with van der Waals surface area (Å²) in [4.78, 5) is 17.6. The summed E-state index contributed by atoms with van der Waals surface area (Å²) in [5, 5.41) is 7.98. The molecule has 0 atom stereocenters. The fourth-order valence-corrected chi connectivity index (χ4v) is 3.77. The molecule has 0 saturated carbocycles.